The highest BCUT2D eigenvalue weighted by atomic mass is 35.5. The minimum Gasteiger partial charge on any atom is -0.497 e. The van der Waals surface area contributed by atoms with Gasteiger partial charge >= 0.3 is 0 Å². The summed E-state index contributed by atoms with van der Waals surface area (Å²) in [4.78, 5) is 17.0. The quantitative estimate of drug-likeness (QED) is 0.482. The molecule has 0 bridgehead atoms. The average Bonchev–Trinajstić information content (AvgIpc) is 3.12. The van der Waals surface area contributed by atoms with E-state index in [4.69, 9.17) is 20.8 Å². The molecule has 1 heterocycles. The van der Waals surface area contributed by atoms with Crippen molar-refractivity contribution >= 4 is 34.3 Å². The van der Waals surface area contributed by atoms with E-state index < -0.39 is 0 Å². The van der Waals surface area contributed by atoms with Crippen LogP contribution in [0, 0.1) is 6.92 Å². The molecule has 1 aromatic heterocycles. The summed E-state index contributed by atoms with van der Waals surface area (Å²) in [5, 5.41) is 3.36. The number of carbonyl (C=O) groups is 1. The van der Waals surface area contributed by atoms with Crippen molar-refractivity contribution in [3.05, 3.63) is 76.8 Å². The summed E-state index contributed by atoms with van der Waals surface area (Å²) in [5.41, 5.74) is 4.27. The average molecular weight is 393 g/mol. The number of carbonyl (C=O) groups excluding carboxylic acids is 1. The van der Waals surface area contributed by atoms with E-state index in [9.17, 15) is 4.79 Å². The van der Waals surface area contributed by atoms with Gasteiger partial charge in [-0.1, -0.05) is 17.7 Å². The molecule has 6 heteroatoms. The van der Waals surface area contributed by atoms with Crippen molar-refractivity contribution in [3.8, 4) is 17.2 Å². The number of ether oxygens (including phenoxy) is 1. The first-order valence-corrected chi connectivity index (χ1v) is 9.04. The van der Waals surface area contributed by atoms with E-state index in [1.165, 1.54) is 0 Å². The van der Waals surface area contributed by atoms with Gasteiger partial charge in [0.1, 0.15) is 11.3 Å². The summed E-state index contributed by atoms with van der Waals surface area (Å²) < 4.78 is 11.0. The number of rotatable bonds is 4. The fraction of sp³-hybridized carbons (Fsp3) is 0.0909. The number of aromatic nitrogens is 1. The summed E-state index contributed by atoms with van der Waals surface area (Å²) >= 11 is 6.35. The van der Waals surface area contributed by atoms with Gasteiger partial charge in [-0.25, -0.2) is 4.98 Å². The van der Waals surface area contributed by atoms with Crippen LogP contribution in [0.3, 0.4) is 0 Å². The molecule has 28 heavy (non-hydrogen) atoms. The Kier molecular flexibility index (Phi) is 4.75. The zero-order valence-electron chi connectivity index (χ0n) is 15.3. The summed E-state index contributed by atoms with van der Waals surface area (Å²) in [5.74, 6) is 0.867. The molecule has 1 N–H and O–H groups in total. The maximum atomic E-state index is 12.5. The van der Waals surface area contributed by atoms with E-state index in [1.54, 1.807) is 49.6 Å². The highest BCUT2D eigenvalue weighted by molar-refractivity contribution is 6.33. The molecule has 0 aliphatic heterocycles. The zero-order valence-corrected chi connectivity index (χ0v) is 16.1. The molecule has 4 aromatic rings. The number of hydrogen-bond acceptors (Lipinski definition) is 4. The van der Waals surface area contributed by atoms with Gasteiger partial charge in [-0.05, 0) is 67.1 Å². The standard InChI is InChI=1S/C22H17ClN2O3/c1-13-3-10-19-20(11-13)28-22(25-19)17-12-15(6-9-18(17)23)24-21(26)14-4-7-16(27-2)8-5-14/h3-12H,1-2H3,(H,24,26). The van der Waals surface area contributed by atoms with Crippen LogP contribution in [0.25, 0.3) is 22.6 Å². The van der Waals surface area contributed by atoms with Crippen molar-refractivity contribution in [1.29, 1.82) is 0 Å². The molecular formula is C22H17ClN2O3. The first-order chi connectivity index (χ1) is 13.5. The van der Waals surface area contributed by atoms with Crippen LogP contribution in [0.1, 0.15) is 15.9 Å². The molecule has 0 unspecified atom stereocenters. The molecule has 0 fully saturated rings. The van der Waals surface area contributed by atoms with Gasteiger partial charge in [0.05, 0.1) is 17.7 Å². The molecule has 0 spiro atoms. The van der Waals surface area contributed by atoms with Crippen LogP contribution in [0.15, 0.2) is 65.1 Å². The minimum atomic E-state index is -0.232. The first-order valence-electron chi connectivity index (χ1n) is 8.66. The van der Waals surface area contributed by atoms with Gasteiger partial charge in [0.25, 0.3) is 5.91 Å². The third kappa shape index (κ3) is 3.57. The van der Waals surface area contributed by atoms with Crippen molar-refractivity contribution in [2.75, 3.05) is 12.4 Å². The molecule has 0 saturated carbocycles. The van der Waals surface area contributed by atoms with Gasteiger partial charge < -0.3 is 14.5 Å². The lowest BCUT2D eigenvalue weighted by Crippen LogP contribution is -2.11. The van der Waals surface area contributed by atoms with Crippen LogP contribution in [0.5, 0.6) is 5.75 Å². The van der Waals surface area contributed by atoms with Gasteiger partial charge in [-0.15, -0.1) is 0 Å². The fourth-order valence-corrected chi connectivity index (χ4v) is 3.06. The second kappa shape index (κ2) is 7.37. The maximum absolute atomic E-state index is 12.5. The molecule has 3 aromatic carbocycles. The molecule has 0 saturated heterocycles. The number of oxazole rings is 1. The summed E-state index contributed by atoms with van der Waals surface area (Å²) in [6.07, 6.45) is 0. The highest BCUT2D eigenvalue weighted by Crippen LogP contribution is 2.32. The minimum absolute atomic E-state index is 0.232. The predicted molar refractivity (Wildman–Crippen MR) is 110 cm³/mol. The second-order valence-electron chi connectivity index (χ2n) is 6.37. The Morgan fingerprint density at radius 2 is 1.86 bits per heavy atom. The molecule has 0 atom stereocenters. The van der Waals surface area contributed by atoms with Crippen LogP contribution in [-0.4, -0.2) is 18.0 Å². The number of halogens is 1. The number of anilines is 1. The third-order valence-corrected chi connectivity index (χ3v) is 4.68. The van der Waals surface area contributed by atoms with E-state index in [-0.39, 0.29) is 5.91 Å². The smallest absolute Gasteiger partial charge is 0.255 e. The summed E-state index contributed by atoms with van der Waals surface area (Å²) in [6.45, 7) is 1.99. The Labute approximate surface area is 166 Å². The summed E-state index contributed by atoms with van der Waals surface area (Å²) in [6, 6.07) is 17.9. The Balaban J connectivity index is 1.63. The summed E-state index contributed by atoms with van der Waals surface area (Å²) in [7, 11) is 1.58. The highest BCUT2D eigenvalue weighted by Gasteiger charge is 2.14. The van der Waals surface area contributed by atoms with Gasteiger partial charge in [-0.3, -0.25) is 4.79 Å². The number of benzene rings is 3. The number of methoxy groups -OCH3 is 1. The number of fused-ring (bicyclic) bond motifs is 1. The Morgan fingerprint density at radius 1 is 1.07 bits per heavy atom. The lowest BCUT2D eigenvalue weighted by molar-refractivity contribution is 0.102. The van der Waals surface area contributed by atoms with Crippen molar-refractivity contribution in [1.82, 2.24) is 4.98 Å². The van der Waals surface area contributed by atoms with Crippen LogP contribution in [0.4, 0.5) is 5.69 Å². The van der Waals surface area contributed by atoms with E-state index in [2.05, 4.69) is 10.3 Å². The molecule has 0 aliphatic carbocycles. The number of nitrogens with one attached hydrogen (secondary N) is 1. The Morgan fingerprint density at radius 3 is 2.61 bits per heavy atom. The van der Waals surface area contributed by atoms with E-state index in [0.717, 1.165) is 11.1 Å². The fourth-order valence-electron chi connectivity index (χ4n) is 2.86. The van der Waals surface area contributed by atoms with Gasteiger partial charge in [0.15, 0.2) is 5.58 Å². The van der Waals surface area contributed by atoms with Crippen molar-refractivity contribution < 1.29 is 13.9 Å². The largest absolute Gasteiger partial charge is 0.497 e. The van der Waals surface area contributed by atoms with E-state index in [0.29, 0.717) is 39.1 Å². The van der Waals surface area contributed by atoms with Crippen molar-refractivity contribution in [3.63, 3.8) is 0 Å². The SMILES string of the molecule is COc1ccc(C(=O)Nc2ccc(Cl)c(-c3nc4ccc(C)cc4o3)c2)cc1. The predicted octanol–water partition coefficient (Wildman–Crippen LogP) is 5.72. The zero-order chi connectivity index (χ0) is 19.7. The third-order valence-electron chi connectivity index (χ3n) is 4.35. The number of nitrogens with zero attached hydrogens (tertiary/aromatic N) is 1. The molecule has 0 radical (unpaired) electrons. The number of amides is 1. The van der Waals surface area contributed by atoms with Gasteiger partial charge in [-0.2, -0.15) is 0 Å². The molecule has 0 aliphatic rings. The molecule has 5 nitrogen and oxygen atoms in total. The number of hydrogen-bond donors (Lipinski definition) is 1. The second-order valence-corrected chi connectivity index (χ2v) is 6.77. The topological polar surface area (TPSA) is 64.4 Å². The normalized spacial score (nSPS) is 10.8. The molecular weight excluding hydrogens is 376 g/mol. The Bertz CT molecular complexity index is 1170. The molecule has 140 valence electrons. The lowest BCUT2D eigenvalue weighted by Gasteiger charge is -2.08. The van der Waals surface area contributed by atoms with Crippen LogP contribution in [0.2, 0.25) is 5.02 Å². The maximum Gasteiger partial charge on any atom is 0.255 e. The Hall–Kier alpha value is -3.31. The molecule has 1 amide bonds. The number of aryl methyl sites for hydroxylation is 1. The van der Waals surface area contributed by atoms with Gasteiger partial charge in [0, 0.05) is 11.3 Å². The monoisotopic (exact) mass is 392 g/mol. The van der Waals surface area contributed by atoms with E-state index in [1.807, 2.05) is 25.1 Å². The van der Waals surface area contributed by atoms with E-state index >= 15 is 0 Å². The molecule has 4 rings (SSSR count). The van der Waals surface area contributed by atoms with Crippen molar-refractivity contribution in [2.45, 2.75) is 6.92 Å². The first kappa shape index (κ1) is 18.1. The van der Waals surface area contributed by atoms with Crippen LogP contribution >= 0.6 is 11.6 Å². The van der Waals surface area contributed by atoms with Crippen molar-refractivity contribution in [2.24, 2.45) is 0 Å². The lowest BCUT2D eigenvalue weighted by atomic mass is 10.1. The van der Waals surface area contributed by atoms with Crippen LogP contribution in [-0.2, 0) is 0 Å². The van der Waals surface area contributed by atoms with Crippen LogP contribution < -0.4 is 10.1 Å². The van der Waals surface area contributed by atoms with Gasteiger partial charge in [0.2, 0.25) is 5.89 Å².